The summed E-state index contributed by atoms with van der Waals surface area (Å²) in [5, 5.41) is 19.1. The maximum absolute atomic E-state index is 9.55. The molecule has 122 valence electrons. The highest BCUT2D eigenvalue weighted by molar-refractivity contribution is 5.92. The van der Waals surface area contributed by atoms with Gasteiger partial charge in [0.15, 0.2) is 0 Å². The number of nitrogen functional groups attached to an aromatic ring is 1. The number of hydrogen-bond donors (Lipinski definition) is 3. The Morgan fingerprint density at radius 3 is 1.72 bits per heavy atom. The molecule has 1 heterocycles. The van der Waals surface area contributed by atoms with Gasteiger partial charge in [-0.3, -0.25) is 0 Å². The van der Waals surface area contributed by atoms with Gasteiger partial charge in [0, 0.05) is 11.1 Å². The van der Waals surface area contributed by atoms with Crippen molar-refractivity contribution in [2.45, 2.75) is 0 Å². The molecule has 0 atom stereocenters. The van der Waals surface area contributed by atoms with Gasteiger partial charge in [0.2, 0.25) is 0 Å². The summed E-state index contributed by atoms with van der Waals surface area (Å²) in [5.74, 6) is 0.371. The molecule has 1 aromatic heterocycles. The molecule has 0 aliphatic heterocycles. The third-order valence-corrected chi connectivity index (χ3v) is 4.01. The van der Waals surface area contributed by atoms with Crippen LogP contribution < -0.4 is 5.73 Å². The van der Waals surface area contributed by atoms with Gasteiger partial charge in [-0.1, -0.05) is 6.07 Å². The first-order valence-corrected chi connectivity index (χ1v) is 7.77. The smallest absolute Gasteiger partial charge is 0.115 e. The molecule has 3 aromatic carbocycles. The number of para-hydroxylation sites is 1. The van der Waals surface area contributed by atoms with Crippen molar-refractivity contribution in [2.24, 2.45) is 0 Å². The zero-order valence-electron chi connectivity index (χ0n) is 13.2. The van der Waals surface area contributed by atoms with Crippen molar-refractivity contribution in [1.82, 2.24) is 9.97 Å². The number of anilines is 1. The molecule has 0 spiro atoms. The lowest BCUT2D eigenvalue weighted by Crippen LogP contribution is -1.98. The Morgan fingerprint density at radius 1 is 0.640 bits per heavy atom. The summed E-state index contributed by atoms with van der Waals surface area (Å²) in [6.07, 6.45) is 0. The molecule has 0 radical (unpaired) electrons. The van der Waals surface area contributed by atoms with E-state index in [2.05, 4.69) is 0 Å². The molecule has 0 fully saturated rings. The van der Waals surface area contributed by atoms with E-state index >= 15 is 0 Å². The summed E-state index contributed by atoms with van der Waals surface area (Å²) in [7, 11) is 0. The molecule has 0 saturated heterocycles. The lowest BCUT2D eigenvalue weighted by atomic mass is 10.0. The largest absolute Gasteiger partial charge is 0.508 e. The molecule has 4 N–H and O–H groups in total. The van der Waals surface area contributed by atoms with Gasteiger partial charge >= 0.3 is 0 Å². The zero-order chi connectivity index (χ0) is 17.4. The number of benzene rings is 3. The average Bonchev–Trinajstić information content (AvgIpc) is 2.63. The zero-order valence-corrected chi connectivity index (χ0v) is 13.2. The Bertz CT molecular complexity index is 1060. The molecule has 0 aliphatic rings. The number of aromatic hydroxyl groups is 2. The fourth-order valence-electron chi connectivity index (χ4n) is 2.74. The Balaban J connectivity index is 2.03. The minimum Gasteiger partial charge on any atom is -0.508 e. The normalized spacial score (nSPS) is 10.9. The summed E-state index contributed by atoms with van der Waals surface area (Å²) >= 11 is 0. The van der Waals surface area contributed by atoms with Crippen molar-refractivity contribution in [2.75, 3.05) is 5.73 Å². The number of nitrogens with two attached hydrogens (primary N) is 1. The second kappa shape index (κ2) is 5.79. The second-order valence-electron chi connectivity index (χ2n) is 5.73. The maximum atomic E-state index is 9.55. The first kappa shape index (κ1) is 15.0. The first-order chi connectivity index (χ1) is 12.1. The van der Waals surface area contributed by atoms with Crippen LogP contribution in [0.3, 0.4) is 0 Å². The molecule has 0 saturated carbocycles. The highest BCUT2D eigenvalue weighted by Gasteiger charge is 2.14. The molecule has 25 heavy (non-hydrogen) atoms. The average molecular weight is 329 g/mol. The number of fused-ring (bicyclic) bond motifs is 1. The molecule has 0 amide bonds. The minimum atomic E-state index is 0.184. The highest BCUT2D eigenvalue weighted by Crippen LogP contribution is 2.33. The van der Waals surface area contributed by atoms with E-state index in [9.17, 15) is 10.2 Å². The fraction of sp³-hybridized carbons (Fsp3) is 0. The van der Waals surface area contributed by atoms with E-state index in [0.717, 1.165) is 11.1 Å². The molecule has 0 unspecified atom stereocenters. The van der Waals surface area contributed by atoms with Crippen LogP contribution in [0.1, 0.15) is 0 Å². The Kier molecular flexibility index (Phi) is 3.47. The van der Waals surface area contributed by atoms with E-state index in [1.807, 2.05) is 12.1 Å². The van der Waals surface area contributed by atoms with Gasteiger partial charge in [0.05, 0.1) is 22.6 Å². The van der Waals surface area contributed by atoms with E-state index in [1.165, 1.54) is 0 Å². The summed E-state index contributed by atoms with van der Waals surface area (Å²) in [4.78, 5) is 9.49. The maximum Gasteiger partial charge on any atom is 0.115 e. The SMILES string of the molecule is Nc1cccc2nc(-c3ccc(O)cc3)c(-c3ccc(O)cc3)nc12. The van der Waals surface area contributed by atoms with Crippen LogP contribution in [0.15, 0.2) is 66.7 Å². The molecule has 0 bridgehead atoms. The van der Waals surface area contributed by atoms with Crippen molar-refractivity contribution in [3.05, 3.63) is 66.7 Å². The van der Waals surface area contributed by atoms with Crippen LogP contribution in [0, 0.1) is 0 Å². The second-order valence-corrected chi connectivity index (χ2v) is 5.73. The number of phenolic OH excluding ortho intramolecular Hbond substituents is 2. The number of phenols is 2. The van der Waals surface area contributed by atoms with Gasteiger partial charge in [-0.2, -0.15) is 0 Å². The van der Waals surface area contributed by atoms with E-state index in [0.29, 0.717) is 28.1 Å². The fourth-order valence-corrected chi connectivity index (χ4v) is 2.74. The van der Waals surface area contributed by atoms with Crippen LogP contribution in [0.4, 0.5) is 5.69 Å². The van der Waals surface area contributed by atoms with Crippen molar-refractivity contribution < 1.29 is 10.2 Å². The molecule has 5 nitrogen and oxygen atoms in total. The van der Waals surface area contributed by atoms with E-state index in [4.69, 9.17) is 15.7 Å². The number of rotatable bonds is 2. The van der Waals surface area contributed by atoms with Crippen LogP contribution in [0.25, 0.3) is 33.5 Å². The lowest BCUT2D eigenvalue weighted by Gasteiger charge is -2.11. The monoisotopic (exact) mass is 329 g/mol. The van der Waals surface area contributed by atoms with Crippen molar-refractivity contribution in [3.8, 4) is 34.0 Å². The Labute approximate surface area is 144 Å². The Morgan fingerprint density at radius 2 is 1.16 bits per heavy atom. The number of hydrogen-bond acceptors (Lipinski definition) is 5. The molecular formula is C20H15N3O2. The standard InChI is InChI=1S/C20H15N3O2/c21-16-2-1-3-17-20(16)23-19(13-6-10-15(25)11-7-13)18(22-17)12-4-8-14(24)9-5-12/h1-11,24-25H,21H2. The molecule has 5 heteroatoms. The third-order valence-electron chi connectivity index (χ3n) is 4.01. The van der Waals surface area contributed by atoms with Crippen LogP contribution >= 0.6 is 0 Å². The summed E-state index contributed by atoms with van der Waals surface area (Å²) in [5.41, 5.74) is 10.9. The predicted octanol–water partition coefficient (Wildman–Crippen LogP) is 3.96. The molecule has 4 rings (SSSR count). The van der Waals surface area contributed by atoms with E-state index < -0.39 is 0 Å². The highest BCUT2D eigenvalue weighted by atomic mass is 16.3. The van der Waals surface area contributed by atoms with Crippen LogP contribution in [-0.4, -0.2) is 20.2 Å². The topological polar surface area (TPSA) is 92.3 Å². The Hall–Kier alpha value is -3.60. The van der Waals surface area contributed by atoms with Gasteiger partial charge < -0.3 is 15.9 Å². The first-order valence-electron chi connectivity index (χ1n) is 7.77. The van der Waals surface area contributed by atoms with Crippen molar-refractivity contribution in [1.29, 1.82) is 0 Å². The minimum absolute atomic E-state index is 0.184. The van der Waals surface area contributed by atoms with Gasteiger partial charge in [-0.05, 0) is 60.7 Å². The quantitative estimate of drug-likeness (QED) is 0.484. The summed E-state index contributed by atoms with van der Waals surface area (Å²) in [6.45, 7) is 0. The van der Waals surface area contributed by atoms with Gasteiger partial charge in [-0.25, -0.2) is 9.97 Å². The molecule has 0 aliphatic carbocycles. The molecule has 4 aromatic rings. The third kappa shape index (κ3) is 2.72. The van der Waals surface area contributed by atoms with Gasteiger partial charge in [0.25, 0.3) is 0 Å². The molecular weight excluding hydrogens is 314 g/mol. The summed E-state index contributed by atoms with van der Waals surface area (Å²) in [6, 6.07) is 19.1. The van der Waals surface area contributed by atoms with Crippen LogP contribution in [-0.2, 0) is 0 Å². The number of aromatic nitrogens is 2. The van der Waals surface area contributed by atoms with Crippen LogP contribution in [0.5, 0.6) is 11.5 Å². The summed E-state index contributed by atoms with van der Waals surface area (Å²) < 4.78 is 0. The van der Waals surface area contributed by atoms with Gasteiger partial charge in [0.1, 0.15) is 17.0 Å². The van der Waals surface area contributed by atoms with E-state index in [-0.39, 0.29) is 11.5 Å². The number of nitrogens with zero attached hydrogens (tertiary/aromatic N) is 2. The lowest BCUT2D eigenvalue weighted by molar-refractivity contribution is 0.475. The van der Waals surface area contributed by atoms with Gasteiger partial charge in [-0.15, -0.1) is 0 Å². The predicted molar refractivity (Wildman–Crippen MR) is 98.2 cm³/mol. The van der Waals surface area contributed by atoms with E-state index in [1.54, 1.807) is 54.6 Å². The van der Waals surface area contributed by atoms with Crippen molar-refractivity contribution >= 4 is 16.7 Å². The van der Waals surface area contributed by atoms with Crippen molar-refractivity contribution in [3.63, 3.8) is 0 Å². The van der Waals surface area contributed by atoms with Crippen LogP contribution in [0.2, 0.25) is 0 Å².